The quantitative estimate of drug-likeness (QED) is 0.857. The van der Waals surface area contributed by atoms with E-state index in [4.69, 9.17) is 4.42 Å². The van der Waals surface area contributed by atoms with E-state index in [-0.39, 0.29) is 0 Å². The van der Waals surface area contributed by atoms with Crippen molar-refractivity contribution in [2.45, 2.75) is 12.8 Å². The summed E-state index contributed by atoms with van der Waals surface area (Å²) in [6.07, 6.45) is 2.08. The van der Waals surface area contributed by atoms with Gasteiger partial charge < -0.3 is 4.42 Å². The van der Waals surface area contributed by atoms with Crippen LogP contribution in [0.5, 0.6) is 0 Å². The van der Waals surface area contributed by atoms with Crippen LogP contribution in [-0.2, 0) is 6.42 Å². The predicted molar refractivity (Wildman–Crippen MR) is 58.9 cm³/mol. The molecule has 0 bridgehead atoms. The Labute approximate surface area is 89.3 Å². The molecule has 0 unspecified atom stereocenters. The van der Waals surface area contributed by atoms with Gasteiger partial charge in [0.2, 0.25) is 0 Å². The average molecular weight is 256 g/mol. The topological polar surface area (TPSA) is 46.0 Å². The number of fused-ring (bicyclic) bond motifs is 1. The van der Waals surface area contributed by atoms with Crippen LogP contribution >= 0.6 is 15.9 Å². The highest BCUT2D eigenvalue weighted by Gasteiger charge is 2.01. The number of benzene rings is 1. The van der Waals surface area contributed by atoms with E-state index in [0.717, 1.165) is 23.7 Å². The summed E-state index contributed by atoms with van der Waals surface area (Å²) in [5.74, 6) is -0.391. The zero-order chi connectivity index (χ0) is 9.97. The third-order valence-electron chi connectivity index (χ3n) is 2.08. The highest BCUT2D eigenvalue weighted by Crippen LogP contribution is 2.13. The van der Waals surface area contributed by atoms with E-state index < -0.39 is 5.76 Å². The van der Waals surface area contributed by atoms with E-state index in [2.05, 4.69) is 20.9 Å². The van der Waals surface area contributed by atoms with Crippen molar-refractivity contribution in [2.75, 3.05) is 5.33 Å². The molecule has 0 saturated heterocycles. The monoisotopic (exact) mass is 255 g/mol. The van der Waals surface area contributed by atoms with Crippen LogP contribution in [-0.4, -0.2) is 10.3 Å². The van der Waals surface area contributed by atoms with Crippen LogP contribution in [0.4, 0.5) is 0 Å². The number of halogens is 1. The Balaban J connectivity index is 2.35. The van der Waals surface area contributed by atoms with Crippen LogP contribution in [0, 0.1) is 0 Å². The van der Waals surface area contributed by atoms with Crippen LogP contribution in [0.2, 0.25) is 0 Å². The minimum atomic E-state index is -0.391. The van der Waals surface area contributed by atoms with Gasteiger partial charge in [-0.1, -0.05) is 22.0 Å². The van der Waals surface area contributed by atoms with Crippen molar-refractivity contribution in [3.8, 4) is 0 Å². The molecule has 0 aliphatic rings. The summed E-state index contributed by atoms with van der Waals surface area (Å²) in [4.78, 5) is 13.5. The lowest BCUT2D eigenvalue weighted by Gasteiger charge is -1.97. The molecule has 2 aromatic rings. The summed E-state index contributed by atoms with van der Waals surface area (Å²) in [7, 11) is 0. The van der Waals surface area contributed by atoms with Gasteiger partial charge in [0, 0.05) is 5.33 Å². The summed E-state index contributed by atoms with van der Waals surface area (Å²) in [5.41, 5.74) is 2.60. The lowest BCUT2D eigenvalue weighted by atomic mass is 10.1. The van der Waals surface area contributed by atoms with Gasteiger partial charge >= 0.3 is 5.76 Å². The zero-order valence-corrected chi connectivity index (χ0v) is 9.13. The van der Waals surface area contributed by atoms with Gasteiger partial charge in [0.05, 0.1) is 5.52 Å². The van der Waals surface area contributed by atoms with E-state index >= 15 is 0 Å². The molecule has 2 rings (SSSR count). The first-order valence-corrected chi connectivity index (χ1v) is 5.59. The van der Waals surface area contributed by atoms with Gasteiger partial charge in [0.15, 0.2) is 5.58 Å². The van der Waals surface area contributed by atoms with E-state index in [9.17, 15) is 4.79 Å². The molecule has 1 N–H and O–H groups in total. The number of aryl methyl sites for hydroxylation is 1. The first kappa shape index (κ1) is 9.52. The fourth-order valence-corrected chi connectivity index (χ4v) is 1.70. The fraction of sp³-hybridized carbons (Fsp3) is 0.300. The Morgan fingerprint density at radius 1 is 1.43 bits per heavy atom. The van der Waals surface area contributed by atoms with Crippen molar-refractivity contribution in [2.24, 2.45) is 0 Å². The molecule has 0 spiro atoms. The van der Waals surface area contributed by atoms with Crippen molar-refractivity contribution in [3.05, 3.63) is 34.3 Å². The molecule has 3 nitrogen and oxygen atoms in total. The number of rotatable bonds is 3. The lowest BCUT2D eigenvalue weighted by molar-refractivity contribution is 0.555. The van der Waals surface area contributed by atoms with Gasteiger partial charge in [-0.3, -0.25) is 4.98 Å². The number of hydrogen-bond acceptors (Lipinski definition) is 2. The Bertz CT molecular complexity index is 486. The molecule has 0 atom stereocenters. The van der Waals surface area contributed by atoms with Crippen molar-refractivity contribution in [1.29, 1.82) is 0 Å². The van der Waals surface area contributed by atoms with E-state index in [0.29, 0.717) is 5.58 Å². The second-order valence-electron chi connectivity index (χ2n) is 3.14. The van der Waals surface area contributed by atoms with Crippen LogP contribution in [0.3, 0.4) is 0 Å². The highest BCUT2D eigenvalue weighted by atomic mass is 79.9. The molecule has 1 heterocycles. The zero-order valence-electron chi connectivity index (χ0n) is 7.55. The first-order valence-electron chi connectivity index (χ1n) is 4.47. The molecule has 4 heteroatoms. The van der Waals surface area contributed by atoms with Gasteiger partial charge in [0.1, 0.15) is 0 Å². The van der Waals surface area contributed by atoms with E-state index in [1.165, 1.54) is 5.56 Å². The summed E-state index contributed by atoms with van der Waals surface area (Å²) >= 11 is 3.38. The van der Waals surface area contributed by atoms with Gasteiger partial charge in [0.25, 0.3) is 0 Å². The van der Waals surface area contributed by atoms with Crippen LogP contribution in [0.25, 0.3) is 11.1 Å². The van der Waals surface area contributed by atoms with Crippen molar-refractivity contribution in [1.82, 2.24) is 4.98 Å². The molecule has 0 aliphatic carbocycles. The maximum absolute atomic E-state index is 10.9. The molecular formula is C10H10BrNO2. The molecule has 1 aromatic heterocycles. The minimum absolute atomic E-state index is 0.391. The number of nitrogens with one attached hydrogen (secondary N) is 1. The molecule has 0 fully saturated rings. The summed E-state index contributed by atoms with van der Waals surface area (Å²) in [6, 6.07) is 5.80. The van der Waals surface area contributed by atoms with Gasteiger partial charge in [-0.2, -0.15) is 0 Å². The molecule has 0 amide bonds. The standard InChI is InChI=1S/C10H10BrNO2/c11-5-1-2-7-3-4-8-9(6-7)14-10(13)12-8/h3-4,6H,1-2,5H2,(H,12,13). The van der Waals surface area contributed by atoms with Crippen LogP contribution in [0.15, 0.2) is 27.4 Å². The summed E-state index contributed by atoms with van der Waals surface area (Å²) in [5, 5.41) is 0.988. The number of H-pyrrole nitrogens is 1. The Kier molecular flexibility index (Phi) is 2.72. The third kappa shape index (κ3) is 1.90. The average Bonchev–Trinajstić information content (AvgIpc) is 2.54. The SMILES string of the molecule is O=c1[nH]c2ccc(CCCBr)cc2o1. The number of aromatic nitrogens is 1. The molecule has 14 heavy (non-hydrogen) atoms. The fourth-order valence-electron chi connectivity index (χ4n) is 1.42. The van der Waals surface area contributed by atoms with Crippen molar-refractivity contribution >= 4 is 27.0 Å². The molecule has 1 aromatic carbocycles. The number of oxazole rings is 1. The predicted octanol–water partition coefficient (Wildman–Crippen LogP) is 2.45. The minimum Gasteiger partial charge on any atom is -0.408 e. The maximum atomic E-state index is 10.9. The van der Waals surface area contributed by atoms with E-state index in [1.54, 1.807) is 0 Å². The molecule has 0 radical (unpaired) electrons. The normalized spacial score (nSPS) is 10.9. The van der Waals surface area contributed by atoms with Crippen LogP contribution < -0.4 is 5.76 Å². The highest BCUT2D eigenvalue weighted by molar-refractivity contribution is 9.09. The number of hydrogen-bond donors (Lipinski definition) is 1. The molecule has 74 valence electrons. The summed E-state index contributed by atoms with van der Waals surface area (Å²) in [6.45, 7) is 0. The number of alkyl halides is 1. The smallest absolute Gasteiger partial charge is 0.408 e. The van der Waals surface area contributed by atoms with Crippen LogP contribution in [0.1, 0.15) is 12.0 Å². The van der Waals surface area contributed by atoms with Crippen molar-refractivity contribution < 1.29 is 4.42 Å². The van der Waals surface area contributed by atoms with Crippen molar-refractivity contribution in [3.63, 3.8) is 0 Å². The maximum Gasteiger partial charge on any atom is 0.417 e. The Morgan fingerprint density at radius 2 is 2.29 bits per heavy atom. The largest absolute Gasteiger partial charge is 0.417 e. The second-order valence-corrected chi connectivity index (χ2v) is 3.93. The van der Waals surface area contributed by atoms with Gasteiger partial charge in [-0.05, 0) is 30.5 Å². The lowest BCUT2D eigenvalue weighted by Crippen LogP contribution is -1.92. The second kappa shape index (κ2) is 4.00. The molecular weight excluding hydrogens is 246 g/mol. The third-order valence-corrected chi connectivity index (χ3v) is 2.65. The molecule has 0 aliphatic heterocycles. The van der Waals surface area contributed by atoms with Gasteiger partial charge in [-0.15, -0.1) is 0 Å². The Morgan fingerprint density at radius 3 is 3.07 bits per heavy atom. The first-order chi connectivity index (χ1) is 6.79. The Hall–Kier alpha value is -1.03. The van der Waals surface area contributed by atoms with Gasteiger partial charge in [-0.25, -0.2) is 4.79 Å². The van der Waals surface area contributed by atoms with E-state index in [1.807, 2.05) is 18.2 Å². The molecule has 0 saturated carbocycles. The summed E-state index contributed by atoms with van der Waals surface area (Å²) < 4.78 is 4.97. The number of aromatic amines is 1.